The number of hydrogen-bond acceptors (Lipinski definition) is 4. The predicted octanol–water partition coefficient (Wildman–Crippen LogP) is 1.01. The number of carboxylic acid groups (broad SMARTS) is 1. The van der Waals surface area contributed by atoms with Gasteiger partial charge in [0.05, 0.1) is 19.6 Å². The zero-order valence-electron chi connectivity index (χ0n) is 11.4. The van der Waals surface area contributed by atoms with Crippen LogP contribution in [-0.4, -0.2) is 65.4 Å². The smallest absolute Gasteiger partial charge is 0.317 e. The molecule has 0 aromatic heterocycles. The highest BCUT2D eigenvalue weighted by Gasteiger charge is 2.25. The molecule has 0 aromatic rings. The Morgan fingerprint density at radius 1 is 1.32 bits per heavy atom. The number of rotatable bonds is 6. The number of aliphatic carboxylic acids is 1. The van der Waals surface area contributed by atoms with Crippen LogP contribution in [0.2, 0.25) is 0 Å². The first kappa shape index (κ1) is 16.1. The maximum atomic E-state index is 11.9. The molecule has 2 unspecified atom stereocenters. The van der Waals surface area contributed by atoms with Gasteiger partial charge in [-0.05, 0) is 0 Å². The van der Waals surface area contributed by atoms with Gasteiger partial charge in [-0.25, -0.2) is 4.79 Å². The highest BCUT2D eigenvalue weighted by atomic mass is 32.2. The second-order valence-electron chi connectivity index (χ2n) is 4.65. The first-order chi connectivity index (χ1) is 8.99. The van der Waals surface area contributed by atoms with Gasteiger partial charge >= 0.3 is 12.0 Å². The molecule has 2 amide bonds. The van der Waals surface area contributed by atoms with Gasteiger partial charge in [0.25, 0.3) is 0 Å². The van der Waals surface area contributed by atoms with E-state index >= 15 is 0 Å². The molecule has 0 saturated carbocycles. The Labute approximate surface area is 117 Å². The third-order valence-corrected chi connectivity index (χ3v) is 3.92. The van der Waals surface area contributed by atoms with Gasteiger partial charge in [-0.15, -0.1) is 0 Å². The number of nitrogens with zero attached hydrogens (tertiary/aromatic N) is 1. The third kappa shape index (κ3) is 6.68. The first-order valence-electron chi connectivity index (χ1n) is 6.46. The molecule has 0 spiro atoms. The molecular weight excluding hydrogens is 268 g/mol. The highest BCUT2D eigenvalue weighted by Crippen LogP contribution is 2.24. The normalized spacial score (nSPS) is 23.2. The average Bonchev–Trinajstić information content (AvgIpc) is 2.31. The minimum atomic E-state index is -0.877. The van der Waals surface area contributed by atoms with Gasteiger partial charge in [-0.2, -0.15) is 11.8 Å². The van der Waals surface area contributed by atoms with Crippen molar-refractivity contribution in [3.05, 3.63) is 0 Å². The van der Waals surface area contributed by atoms with Crippen molar-refractivity contribution in [1.29, 1.82) is 0 Å². The van der Waals surface area contributed by atoms with Crippen LogP contribution in [-0.2, 0) is 9.53 Å². The van der Waals surface area contributed by atoms with Crippen molar-refractivity contribution in [2.75, 3.05) is 32.8 Å². The molecule has 0 aromatic carbocycles. The molecule has 6 nitrogen and oxygen atoms in total. The molecule has 1 saturated heterocycles. The molecule has 1 rings (SSSR count). The molecule has 2 N–H and O–H groups in total. The van der Waals surface area contributed by atoms with Crippen LogP contribution in [0.25, 0.3) is 0 Å². The Kier molecular flexibility index (Phi) is 7.01. The lowest BCUT2D eigenvalue weighted by Crippen LogP contribution is -2.49. The molecule has 0 radical (unpaired) electrons. The fourth-order valence-corrected chi connectivity index (χ4v) is 3.27. The van der Waals surface area contributed by atoms with Crippen molar-refractivity contribution in [2.24, 2.45) is 0 Å². The van der Waals surface area contributed by atoms with E-state index in [1.165, 1.54) is 0 Å². The molecule has 19 heavy (non-hydrogen) atoms. The maximum absolute atomic E-state index is 11.9. The van der Waals surface area contributed by atoms with Crippen LogP contribution >= 0.6 is 11.8 Å². The number of carbonyl (C=O) groups is 2. The van der Waals surface area contributed by atoms with Gasteiger partial charge in [0.1, 0.15) is 0 Å². The Morgan fingerprint density at radius 2 is 1.95 bits per heavy atom. The Hall–Kier alpha value is -0.950. The van der Waals surface area contributed by atoms with Crippen LogP contribution in [0.3, 0.4) is 0 Å². The Morgan fingerprint density at radius 3 is 2.53 bits per heavy atom. The van der Waals surface area contributed by atoms with Crippen LogP contribution in [0.1, 0.15) is 20.3 Å². The van der Waals surface area contributed by atoms with Crippen LogP contribution in [0.5, 0.6) is 0 Å². The lowest BCUT2D eigenvalue weighted by molar-refractivity contribution is -0.138. The SMILES string of the molecule is CC1CN(C(=O)NCCOCCC(=O)O)CC(C)S1. The standard InChI is InChI=1S/C12H22N2O4S/c1-9-7-14(8-10(2)19-9)12(17)13-4-6-18-5-3-11(15)16/h9-10H,3-8H2,1-2H3,(H,13,17)(H,15,16). The maximum Gasteiger partial charge on any atom is 0.317 e. The third-order valence-electron chi connectivity index (χ3n) is 2.69. The van der Waals surface area contributed by atoms with Crippen LogP contribution < -0.4 is 5.32 Å². The van der Waals surface area contributed by atoms with Gasteiger partial charge in [0, 0.05) is 30.1 Å². The largest absolute Gasteiger partial charge is 0.481 e. The lowest BCUT2D eigenvalue weighted by Gasteiger charge is -2.34. The first-order valence-corrected chi connectivity index (χ1v) is 7.41. The number of ether oxygens (including phenoxy) is 1. The van der Waals surface area contributed by atoms with Crippen LogP contribution in [0.15, 0.2) is 0 Å². The molecule has 2 atom stereocenters. The summed E-state index contributed by atoms with van der Waals surface area (Å²) in [6.45, 7) is 6.70. The van der Waals surface area contributed by atoms with Crippen molar-refractivity contribution in [2.45, 2.75) is 30.8 Å². The summed E-state index contributed by atoms with van der Waals surface area (Å²) in [7, 11) is 0. The number of hydrogen-bond donors (Lipinski definition) is 2. The summed E-state index contributed by atoms with van der Waals surface area (Å²) >= 11 is 1.90. The van der Waals surface area contributed by atoms with Crippen molar-refractivity contribution >= 4 is 23.8 Å². The molecule has 1 aliphatic rings. The van der Waals surface area contributed by atoms with E-state index in [-0.39, 0.29) is 19.1 Å². The number of urea groups is 1. The van der Waals surface area contributed by atoms with Crippen molar-refractivity contribution < 1.29 is 19.4 Å². The quantitative estimate of drug-likeness (QED) is 0.714. The minimum absolute atomic E-state index is 0.00762. The molecular formula is C12H22N2O4S. The number of thioether (sulfide) groups is 1. The fraction of sp³-hybridized carbons (Fsp3) is 0.833. The van der Waals surface area contributed by atoms with Gasteiger partial charge in [0.15, 0.2) is 0 Å². The van der Waals surface area contributed by atoms with E-state index in [9.17, 15) is 9.59 Å². The van der Waals surface area contributed by atoms with E-state index in [2.05, 4.69) is 19.2 Å². The number of carboxylic acids is 1. The van der Waals surface area contributed by atoms with Gasteiger partial charge in [-0.1, -0.05) is 13.8 Å². The van der Waals surface area contributed by atoms with Gasteiger partial charge in [0.2, 0.25) is 0 Å². The Balaban J connectivity index is 2.12. The average molecular weight is 290 g/mol. The summed E-state index contributed by atoms with van der Waals surface area (Å²) in [6.07, 6.45) is -0.00762. The fourth-order valence-electron chi connectivity index (χ4n) is 1.95. The van der Waals surface area contributed by atoms with E-state index in [1.54, 1.807) is 0 Å². The zero-order chi connectivity index (χ0) is 14.3. The summed E-state index contributed by atoms with van der Waals surface area (Å²) in [5, 5.41) is 12.1. The molecule has 0 aliphatic carbocycles. The number of carbonyl (C=O) groups excluding carboxylic acids is 1. The van der Waals surface area contributed by atoms with Crippen molar-refractivity contribution in [3.8, 4) is 0 Å². The summed E-state index contributed by atoms with van der Waals surface area (Å²) in [6, 6.07) is -0.0687. The van der Waals surface area contributed by atoms with E-state index in [1.807, 2.05) is 16.7 Å². The molecule has 7 heteroatoms. The topological polar surface area (TPSA) is 78.9 Å². The second kappa shape index (κ2) is 8.27. The van der Waals surface area contributed by atoms with E-state index < -0.39 is 5.97 Å². The van der Waals surface area contributed by atoms with Crippen LogP contribution in [0.4, 0.5) is 4.79 Å². The van der Waals surface area contributed by atoms with Gasteiger partial charge in [-0.3, -0.25) is 4.79 Å². The van der Waals surface area contributed by atoms with Gasteiger partial charge < -0.3 is 20.1 Å². The summed E-state index contributed by atoms with van der Waals surface area (Å²) < 4.78 is 5.11. The molecule has 1 aliphatic heterocycles. The van der Waals surface area contributed by atoms with E-state index in [0.29, 0.717) is 23.7 Å². The second-order valence-corrected chi connectivity index (χ2v) is 6.53. The summed E-state index contributed by atoms with van der Waals surface area (Å²) in [4.78, 5) is 24.0. The van der Waals surface area contributed by atoms with Crippen LogP contribution in [0, 0.1) is 0 Å². The monoisotopic (exact) mass is 290 g/mol. The zero-order valence-corrected chi connectivity index (χ0v) is 12.2. The molecule has 110 valence electrons. The predicted molar refractivity (Wildman–Crippen MR) is 74.6 cm³/mol. The highest BCUT2D eigenvalue weighted by molar-refractivity contribution is 8.00. The summed E-state index contributed by atoms with van der Waals surface area (Å²) in [5.41, 5.74) is 0. The lowest BCUT2D eigenvalue weighted by atomic mass is 10.3. The molecule has 0 bridgehead atoms. The molecule has 1 heterocycles. The number of nitrogens with one attached hydrogen (secondary N) is 1. The molecule has 1 fully saturated rings. The Bertz CT molecular complexity index is 304. The van der Waals surface area contributed by atoms with Crippen molar-refractivity contribution in [3.63, 3.8) is 0 Å². The summed E-state index contributed by atoms with van der Waals surface area (Å²) in [5.74, 6) is -0.877. The van der Waals surface area contributed by atoms with Crippen molar-refractivity contribution in [1.82, 2.24) is 10.2 Å². The van der Waals surface area contributed by atoms with E-state index in [4.69, 9.17) is 9.84 Å². The van der Waals surface area contributed by atoms with E-state index in [0.717, 1.165) is 13.1 Å². The minimum Gasteiger partial charge on any atom is -0.481 e. The number of amides is 2.